The quantitative estimate of drug-likeness (QED) is 0.685. The van der Waals surface area contributed by atoms with Crippen molar-refractivity contribution in [2.45, 2.75) is 53.5 Å². The Kier molecular flexibility index (Phi) is 5.54. The van der Waals surface area contributed by atoms with Crippen molar-refractivity contribution in [1.29, 1.82) is 0 Å². The van der Waals surface area contributed by atoms with E-state index in [0.29, 0.717) is 5.82 Å². The molecule has 1 aromatic heterocycles. The standard InChI is InChI=1S/C20H28N4O2/c1-13-7-9-14(10-8-13)21-18-22-15(17(25)26)11-16(23-18)24-20(5,6)12-19(2,3)4/h7-11H,12H2,1-6H3,(H,25,26)(H2,21,22,23,24). The zero-order valence-electron chi connectivity index (χ0n) is 16.3. The number of rotatable bonds is 6. The average Bonchev–Trinajstić information content (AvgIpc) is 2.46. The molecule has 3 N–H and O–H groups in total. The van der Waals surface area contributed by atoms with Crippen LogP contribution in [-0.2, 0) is 0 Å². The molecule has 2 rings (SSSR count). The summed E-state index contributed by atoms with van der Waals surface area (Å²) in [7, 11) is 0. The molecule has 0 fully saturated rings. The summed E-state index contributed by atoms with van der Waals surface area (Å²) in [6.07, 6.45) is 0.896. The molecular formula is C20H28N4O2. The molecule has 0 radical (unpaired) electrons. The van der Waals surface area contributed by atoms with Gasteiger partial charge in [0.2, 0.25) is 5.95 Å². The molecular weight excluding hydrogens is 328 g/mol. The summed E-state index contributed by atoms with van der Waals surface area (Å²) in [5.74, 6) is -0.347. The van der Waals surface area contributed by atoms with Crippen molar-refractivity contribution in [3.05, 3.63) is 41.6 Å². The maximum atomic E-state index is 11.5. The van der Waals surface area contributed by atoms with Crippen molar-refractivity contribution in [3.8, 4) is 0 Å². The van der Waals surface area contributed by atoms with Crippen molar-refractivity contribution >= 4 is 23.4 Å². The molecule has 6 nitrogen and oxygen atoms in total. The Balaban J connectivity index is 2.30. The fraction of sp³-hybridized carbons (Fsp3) is 0.450. The number of carbonyl (C=O) groups is 1. The van der Waals surface area contributed by atoms with Crippen molar-refractivity contribution in [3.63, 3.8) is 0 Å². The number of anilines is 3. The zero-order valence-corrected chi connectivity index (χ0v) is 16.3. The molecule has 0 aliphatic heterocycles. The van der Waals surface area contributed by atoms with E-state index in [2.05, 4.69) is 55.2 Å². The Morgan fingerprint density at radius 1 is 1.08 bits per heavy atom. The molecule has 1 heterocycles. The van der Waals surface area contributed by atoms with Crippen LogP contribution in [-0.4, -0.2) is 26.6 Å². The number of aryl methyl sites for hydroxylation is 1. The Labute approximate surface area is 155 Å². The van der Waals surface area contributed by atoms with Crippen LogP contribution in [0.5, 0.6) is 0 Å². The molecule has 0 bridgehead atoms. The van der Waals surface area contributed by atoms with Crippen LogP contribution in [0.4, 0.5) is 17.5 Å². The highest BCUT2D eigenvalue weighted by molar-refractivity contribution is 5.86. The molecule has 1 aromatic carbocycles. The number of aromatic carboxylic acids is 1. The van der Waals surface area contributed by atoms with Crippen LogP contribution in [0.25, 0.3) is 0 Å². The monoisotopic (exact) mass is 356 g/mol. The molecule has 0 unspecified atom stereocenters. The van der Waals surface area contributed by atoms with E-state index < -0.39 is 5.97 Å². The van der Waals surface area contributed by atoms with Crippen LogP contribution in [0.2, 0.25) is 0 Å². The molecule has 0 saturated heterocycles. The third-order valence-corrected chi connectivity index (χ3v) is 3.69. The topological polar surface area (TPSA) is 87.1 Å². The molecule has 0 aliphatic rings. The lowest BCUT2D eigenvalue weighted by Gasteiger charge is -2.33. The number of nitrogens with one attached hydrogen (secondary N) is 2. The molecule has 0 spiro atoms. The second kappa shape index (κ2) is 7.32. The third-order valence-electron chi connectivity index (χ3n) is 3.69. The minimum atomic E-state index is -1.09. The Morgan fingerprint density at radius 3 is 2.23 bits per heavy atom. The van der Waals surface area contributed by atoms with Crippen LogP contribution in [0.1, 0.15) is 57.1 Å². The maximum Gasteiger partial charge on any atom is 0.354 e. The Morgan fingerprint density at radius 2 is 1.69 bits per heavy atom. The molecule has 26 heavy (non-hydrogen) atoms. The first-order valence-electron chi connectivity index (χ1n) is 8.68. The minimum absolute atomic E-state index is 0.0522. The fourth-order valence-corrected chi connectivity index (χ4v) is 3.16. The predicted octanol–water partition coefficient (Wildman–Crippen LogP) is 4.85. The summed E-state index contributed by atoms with van der Waals surface area (Å²) >= 11 is 0. The average molecular weight is 356 g/mol. The van der Waals surface area contributed by atoms with Crippen LogP contribution in [0, 0.1) is 12.3 Å². The van der Waals surface area contributed by atoms with Crippen molar-refractivity contribution < 1.29 is 9.90 Å². The zero-order chi connectivity index (χ0) is 19.5. The number of carboxylic acid groups (broad SMARTS) is 1. The van der Waals surface area contributed by atoms with E-state index in [1.807, 2.05) is 31.2 Å². The lowest BCUT2D eigenvalue weighted by molar-refractivity contribution is 0.0690. The SMILES string of the molecule is Cc1ccc(Nc2nc(NC(C)(C)CC(C)(C)C)cc(C(=O)O)n2)cc1. The van der Waals surface area contributed by atoms with Crippen molar-refractivity contribution in [1.82, 2.24) is 9.97 Å². The molecule has 140 valence electrons. The summed E-state index contributed by atoms with van der Waals surface area (Å²) < 4.78 is 0. The van der Waals surface area contributed by atoms with Crippen LogP contribution < -0.4 is 10.6 Å². The van der Waals surface area contributed by atoms with Gasteiger partial charge in [0.05, 0.1) is 0 Å². The number of benzene rings is 1. The van der Waals surface area contributed by atoms with E-state index >= 15 is 0 Å². The first kappa shape index (κ1) is 19.7. The molecule has 6 heteroatoms. The van der Waals surface area contributed by atoms with Crippen molar-refractivity contribution in [2.75, 3.05) is 10.6 Å². The van der Waals surface area contributed by atoms with E-state index in [1.165, 1.54) is 6.07 Å². The van der Waals surface area contributed by atoms with Crippen LogP contribution in [0.15, 0.2) is 30.3 Å². The lowest BCUT2D eigenvalue weighted by atomic mass is 9.82. The second-order valence-electron chi connectivity index (χ2n) is 8.50. The summed E-state index contributed by atoms with van der Waals surface area (Å²) in [5, 5.41) is 15.8. The van der Waals surface area contributed by atoms with E-state index in [1.54, 1.807) is 0 Å². The Hall–Kier alpha value is -2.63. The van der Waals surface area contributed by atoms with Gasteiger partial charge in [-0.25, -0.2) is 9.78 Å². The van der Waals surface area contributed by atoms with E-state index in [0.717, 1.165) is 17.7 Å². The number of nitrogens with zero attached hydrogens (tertiary/aromatic N) is 2. The summed E-state index contributed by atoms with van der Waals surface area (Å²) in [5.41, 5.74) is 1.77. The van der Waals surface area contributed by atoms with Gasteiger partial charge in [-0.15, -0.1) is 0 Å². The van der Waals surface area contributed by atoms with Gasteiger partial charge in [0.1, 0.15) is 5.82 Å². The smallest absolute Gasteiger partial charge is 0.354 e. The number of hydrogen-bond acceptors (Lipinski definition) is 5. The van der Waals surface area contributed by atoms with Gasteiger partial charge in [-0.3, -0.25) is 0 Å². The fourth-order valence-electron chi connectivity index (χ4n) is 3.16. The summed E-state index contributed by atoms with van der Waals surface area (Å²) in [4.78, 5) is 20.0. The van der Waals surface area contributed by atoms with Gasteiger partial charge < -0.3 is 15.7 Å². The Bertz CT molecular complexity index is 777. The predicted molar refractivity (Wildman–Crippen MR) is 105 cm³/mol. The van der Waals surface area contributed by atoms with Gasteiger partial charge in [0.25, 0.3) is 0 Å². The maximum absolute atomic E-state index is 11.5. The van der Waals surface area contributed by atoms with Crippen molar-refractivity contribution in [2.24, 2.45) is 5.41 Å². The summed E-state index contributed by atoms with van der Waals surface area (Å²) in [6.45, 7) is 12.7. The van der Waals surface area contributed by atoms with Crippen LogP contribution >= 0.6 is 0 Å². The molecule has 2 aromatic rings. The van der Waals surface area contributed by atoms with E-state index in [-0.39, 0.29) is 22.6 Å². The molecule has 0 saturated carbocycles. The van der Waals surface area contributed by atoms with Gasteiger partial charge in [-0.1, -0.05) is 38.5 Å². The first-order chi connectivity index (χ1) is 11.9. The van der Waals surface area contributed by atoms with Gasteiger partial charge in [-0.2, -0.15) is 4.98 Å². The van der Waals surface area contributed by atoms with Gasteiger partial charge in [0, 0.05) is 17.3 Å². The molecule has 0 aliphatic carbocycles. The molecule has 0 atom stereocenters. The lowest BCUT2D eigenvalue weighted by Crippen LogP contribution is -2.36. The van der Waals surface area contributed by atoms with Gasteiger partial charge >= 0.3 is 5.97 Å². The number of carboxylic acids is 1. The second-order valence-corrected chi connectivity index (χ2v) is 8.50. The highest BCUT2D eigenvalue weighted by atomic mass is 16.4. The first-order valence-corrected chi connectivity index (χ1v) is 8.68. The molecule has 0 amide bonds. The van der Waals surface area contributed by atoms with Gasteiger partial charge in [0.15, 0.2) is 5.69 Å². The highest BCUT2D eigenvalue weighted by Gasteiger charge is 2.26. The largest absolute Gasteiger partial charge is 0.477 e. The summed E-state index contributed by atoms with van der Waals surface area (Å²) in [6, 6.07) is 9.21. The number of aromatic nitrogens is 2. The number of hydrogen-bond donors (Lipinski definition) is 3. The highest BCUT2D eigenvalue weighted by Crippen LogP contribution is 2.29. The van der Waals surface area contributed by atoms with Crippen LogP contribution in [0.3, 0.4) is 0 Å². The van der Waals surface area contributed by atoms with E-state index in [4.69, 9.17) is 0 Å². The van der Waals surface area contributed by atoms with Gasteiger partial charge in [-0.05, 0) is 44.7 Å². The van der Waals surface area contributed by atoms with E-state index in [9.17, 15) is 9.90 Å². The normalized spacial score (nSPS) is 11.9. The minimum Gasteiger partial charge on any atom is -0.477 e. The third kappa shape index (κ3) is 6.02.